The van der Waals surface area contributed by atoms with Gasteiger partial charge < -0.3 is 24.8 Å². The number of hydrogen-bond acceptors (Lipinski definition) is 6. The average Bonchev–Trinajstić information content (AvgIpc) is 2.78. The van der Waals surface area contributed by atoms with E-state index in [9.17, 15) is 5.11 Å². The van der Waals surface area contributed by atoms with Gasteiger partial charge in [-0.05, 0) is 50.8 Å². The summed E-state index contributed by atoms with van der Waals surface area (Å²) < 4.78 is 11.5. The fourth-order valence-corrected chi connectivity index (χ4v) is 4.20. The lowest BCUT2D eigenvalue weighted by molar-refractivity contribution is 0.0368. The quantitative estimate of drug-likeness (QED) is 0.519. The Hall–Kier alpha value is -1.18. The molecule has 164 valence electrons. The van der Waals surface area contributed by atoms with Crippen LogP contribution >= 0.6 is 0 Å². The van der Waals surface area contributed by atoms with Gasteiger partial charge in [0, 0.05) is 51.4 Å². The molecule has 0 spiro atoms. The SMILES string of the molecule is OC[C@H]1CCCN(CCNCc2ccccc2OCCCCN2CCOCC2)C1. The van der Waals surface area contributed by atoms with Crippen molar-refractivity contribution in [2.45, 2.75) is 32.2 Å². The van der Waals surface area contributed by atoms with Crippen LogP contribution in [0, 0.1) is 5.92 Å². The van der Waals surface area contributed by atoms with E-state index in [-0.39, 0.29) is 0 Å². The molecule has 0 radical (unpaired) electrons. The standard InChI is InChI=1S/C23H39N3O3/c27-20-21-6-5-11-26(19-21)12-9-24-18-22-7-1-2-8-23(22)29-15-4-3-10-25-13-16-28-17-14-25/h1-2,7-8,21,24,27H,3-6,9-20H2/t21-/m0/s1. The first-order valence-electron chi connectivity index (χ1n) is 11.4. The molecule has 1 aromatic rings. The fraction of sp³-hybridized carbons (Fsp3) is 0.739. The van der Waals surface area contributed by atoms with Gasteiger partial charge in [-0.3, -0.25) is 4.90 Å². The Morgan fingerprint density at radius 1 is 1.07 bits per heavy atom. The zero-order chi connectivity index (χ0) is 20.2. The summed E-state index contributed by atoms with van der Waals surface area (Å²) >= 11 is 0. The number of ether oxygens (including phenoxy) is 2. The average molecular weight is 406 g/mol. The van der Waals surface area contributed by atoms with Crippen molar-refractivity contribution in [2.24, 2.45) is 5.92 Å². The van der Waals surface area contributed by atoms with Crippen LogP contribution in [-0.2, 0) is 11.3 Å². The Balaban J connectivity index is 1.30. The summed E-state index contributed by atoms with van der Waals surface area (Å²) in [5.74, 6) is 1.46. The van der Waals surface area contributed by atoms with E-state index in [2.05, 4.69) is 39.4 Å². The van der Waals surface area contributed by atoms with Gasteiger partial charge in [-0.15, -0.1) is 0 Å². The lowest BCUT2D eigenvalue weighted by Gasteiger charge is -2.31. The molecule has 0 aromatic heterocycles. The number of benzene rings is 1. The zero-order valence-electron chi connectivity index (χ0n) is 17.9. The molecular formula is C23H39N3O3. The predicted molar refractivity (Wildman–Crippen MR) is 116 cm³/mol. The van der Waals surface area contributed by atoms with Crippen molar-refractivity contribution in [1.29, 1.82) is 0 Å². The number of hydrogen-bond donors (Lipinski definition) is 2. The first kappa shape index (κ1) is 22.5. The van der Waals surface area contributed by atoms with Crippen LogP contribution in [0.25, 0.3) is 0 Å². The van der Waals surface area contributed by atoms with E-state index in [1.807, 2.05) is 0 Å². The van der Waals surface area contributed by atoms with Crippen molar-refractivity contribution >= 4 is 0 Å². The number of aliphatic hydroxyl groups excluding tert-OH is 1. The number of aliphatic hydroxyl groups is 1. The van der Waals surface area contributed by atoms with Gasteiger partial charge in [0.15, 0.2) is 0 Å². The smallest absolute Gasteiger partial charge is 0.123 e. The van der Waals surface area contributed by atoms with Gasteiger partial charge in [-0.1, -0.05) is 18.2 Å². The molecule has 6 heteroatoms. The number of morpholine rings is 1. The third-order valence-electron chi connectivity index (χ3n) is 5.98. The van der Waals surface area contributed by atoms with Crippen LogP contribution in [0.3, 0.4) is 0 Å². The van der Waals surface area contributed by atoms with Gasteiger partial charge in [-0.2, -0.15) is 0 Å². The number of piperidine rings is 1. The van der Waals surface area contributed by atoms with Crippen molar-refractivity contribution < 1.29 is 14.6 Å². The first-order valence-corrected chi connectivity index (χ1v) is 11.4. The second-order valence-electron chi connectivity index (χ2n) is 8.29. The van der Waals surface area contributed by atoms with Crippen LogP contribution in [0.4, 0.5) is 0 Å². The van der Waals surface area contributed by atoms with Crippen LogP contribution in [0.1, 0.15) is 31.2 Å². The summed E-state index contributed by atoms with van der Waals surface area (Å²) in [6.07, 6.45) is 4.62. The Morgan fingerprint density at radius 3 is 2.79 bits per heavy atom. The monoisotopic (exact) mass is 405 g/mol. The van der Waals surface area contributed by atoms with Crippen LogP contribution in [0.5, 0.6) is 5.75 Å². The highest BCUT2D eigenvalue weighted by molar-refractivity contribution is 5.33. The number of nitrogens with zero attached hydrogens (tertiary/aromatic N) is 2. The van der Waals surface area contributed by atoms with Gasteiger partial charge >= 0.3 is 0 Å². The molecule has 2 fully saturated rings. The fourth-order valence-electron chi connectivity index (χ4n) is 4.20. The molecule has 0 amide bonds. The largest absolute Gasteiger partial charge is 0.493 e. The van der Waals surface area contributed by atoms with Gasteiger partial charge in [-0.25, -0.2) is 0 Å². The summed E-state index contributed by atoms with van der Waals surface area (Å²) in [7, 11) is 0. The van der Waals surface area contributed by atoms with Crippen LogP contribution in [0.2, 0.25) is 0 Å². The summed E-state index contributed by atoms with van der Waals surface area (Å²) in [6, 6.07) is 8.36. The van der Waals surface area contributed by atoms with E-state index in [1.165, 1.54) is 18.4 Å². The second-order valence-corrected chi connectivity index (χ2v) is 8.29. The Kier molecular flexibility index (Phi) is 10.2. The van der Waals surface area contributed by atoms with Crippen molar-refractivity contribution in [3.8, 4) is 5.75 Å². The molecule has 2 heterocycles. The molecule has 29 heavy (non-hydrogen) atoms. The number of likely N-dealkylation sites (tertiary alicyclic amines) is 1. The highest BCUT2D eigenvalue weighted by Gasteiger charge is 2.18. The third kappa shape index (κ3) is 8.22. The molecule has 0 bridgehead atoms. The number of rotatable bonds is 12. The molecule has 2 aliphatic heterocycles. The number of nitrogens with one attached hydrogen (secondary N) is 1. The molecule has 1 atom stereocenters. The van der Waals surface area contributed by atoms with Crippen molar-refractivity contribution in [3.05, 3.63) is 29.8 Å². The highest BCUT2D eigenvalue weighted by Crippen LogP contribution is 2.18. The summed E-state index contributed by atoms with van der Waals surface area (Å²) in [5, 5.41) is 12.9. The molecule has 0 unspecified atom stereocenters. The Bertz CT molecular complexity index is 566. The third-order valence-corrected chi connectivity index (χ3v) is 5.98. The van der Waals surface area contributed by atoms with Crippen molar-refractivity contribution in [1.82, 2.24) is 15.1 Å². The van der Waals surface area contributed by atoms with E-state index in [4.69, 9.17) is 9.47 Å². The van der Waals surface area contributed by atoms with E-state index in [1.54, 1.807) is 0 Å². The minimum Gasteiger partial charge on any atom is -0.493 e. The Morgan fingerprint density at radius 2 is 1.93 bits per heavy atom. The summed E-state index contributed by atoms with van der Waals surface area (Å²) in [4.78, 5) is 4.95. The topological polar surface area (TPSA) is 57.2 Å². The molecule has 6 nitrogen and oxygen atoms in total. The number of unbranched alkanes of at least 4 members (excludes halogenated alkanes) is 1. The van der Waals surface area contributed by atoms with Gasteiger partial charge in [0.05, 0.1) is 19.8 Å². The molecule has 2 N–H and O–H groups in total. The van der Waals surface area contributed by atoms with Crippen molar-refractivity contribution in [3.63, 3.8) is 0 Å². The zero-order valence-corrected chi connectivity index (χ0v) is 17.9. The van der Waals surface area contributed by atoms with Crippen molar-refractivity contribution in [2.75, 3.05) is 72.2 Å². The normalized spacial score (nSPS) is 21.3. The maximum absolute atomic E-state index is 9.37. The lowest BCUT2D eigenvalue weighted by atomic mass is 9.99. The number of para-hydroxylation sites is 1. The molecular weight excluding hydrogens is 366 g/mol. The highest BCUT2D eigenvalue weighted by atomic mass is 16.5. The molecule has 0 aliphatic carbocycles. The van der Waals surface area contributed by atoms with E-state index in [0.29, 0.717) is 12.5 Å². The molecule has 2 saturated heterocycles. The summed E-state index contributed by atoms with van der Waals surface area (Å²) in [6.45, 7) is 11.1. The predicted octanol–water partition coefficient (Wildman–Crippen LogP) is 1.97. The van der Waals surface area contributed by atoms with Crippen LogP contribution in [-0.4, -0.2) is 87.1 Å². The molecule has 2 aliphatic rings. The first-order chi connectivity index (χ1) is 14.3. The van der Waals surface area contributed by atoms with Crippen LogP contribution < -0.4 is 10.1 Å². The van der Waals surface area contributed by atoms with E-state index < -0.39 is 0 Å². The molecule has 0 saturated carbocycles. The van der Waals surface area contributed by atoms with Crippen LogP contribution in [0.15, 0.2) is 24.3 Å². The minimum absolute atomic E-state index is 0.321. The second kappa shape index (κ2) is 13.2. The molecule has 3 rings (SSSR count). The minimum atomic E-state index is 0.321. The summed E-state index contributed by atoms with van der Waals surface area (Å²) in [5.41, 5.74) is 1.23. The van der Waals surface area contributed by atoms with Gasteiger partial charge in [0.1, 0.15) is 5.75 Å². The molecule has 1 aromatic carbocycles. The van der Waals surface area contributed by atoms with E-state index >= 15 is 0 Å². The lowest BCUT2D eigenvalue weighted by Crippen LogP contribution is -2.40. The Labute approximate surface area is 176 Å². The maximum Gasteiger partial charge on any atom is 0.123 e. The van der Waals surface area contributed by atoms with Gasteiger partial charge in [0.2, 0.25) is 0 Å². The van der Waals surface area contributed by atoms with Gasteiger partial charge in [0.25, 0.3) is 0 Å². The maximum atomic E-state index is 9.37. The van der Waals surface area contributed by atoms with E-state index in [0.717, 1.165) is 90.8 Å².